The second-order valence-corrected chi connectivity index (χ2v) is 11.8. The Bertz CT molecular complexity index is 2010. The van der Waals surface area contributed by atoms with Gasteiger partial charge < -0.3 is 19.4 Å². The van der Waals surface area contributed by atoms with E-state index in [-0.39, 0.29) is 12.4 Å². The predicted molar refractivity (Wildman–Crippen MR) is 178 cm³/mol. The molecule has 8 nitrogen and oxygen atoms in total. The summed E-state index contributed by atoms with van der Waals surface area (Å²) in [6.45, 7) is 5.55. The van der Waals surface area contributed by atoms with Gasteiger partial charge in [-0.3, -0.25) is 9.36 Å². The van der Waals surface area contributed by atoms with Gasteiger partial charge in [0.25, 0.3) is 5.56 Å². The smallest absolute Gasteiger partial charge is 0.262 e. The zero-order chi connectivity index (χ0) is 31.6. The van der Waals surface area contributed by atoms with Crippen LogP contribution in [0.3, 0.4) is 0 Å². The minimum atomic E-state index is -0.860. The van der Waals surface area contributed by atoms with Crippen molar-refractivity contribution in [1.29, 1.82) is 0 Å². The van der Waals surface area contributed by atoms with Crippen molar-refractivity contribution in [2.45, 2.75) is 31.7 Å². The Morgan fingerprint density at radius 1 is 0.957 bits per heavy atom. The van der Waals surface area contributed by atoms with Crippen LogP contribution in [-0.4, -0.2) is 58.0 Å². The Labute approximate surface area is 266 Å². The maximum atomic E-state index is 14.8. The van der Waals surface area contributed by atoms with Crippen molar-refractivity contribution in [1.82, 2.24) is 24.4 Å². The van der Waals surface area contributed by atoms with Gasteiger partial charge in [-0.25, -0.2) is 14.4 Å². The first-order valence-electron chi connectivity index (χ1n) is 15.7. The summed E-state index contributed by atoms with van der Waals surface area (Å²) < 4.78 is 27.3. The predicted octanol–water partition coefficient (Wildman–Crippen LogP) is 6.90. The molecular weight excluding hydrogens is 581 g/mol. The standard InChI is InChI=1S/C37H36FN5O3/c1-3-42-18-16-26(17-19-42)24-8-10-25(11-9-24)27-12-14-31-29(20-27)37(44)43(22-39-31)35(36-40-32-6-4-5-7-33(32)41-36)30-21-28(38)13-15-34(30)46-23-45-2/h4-15,20-22,26,35H,3,16-19,23H2,1-2H3,(H,40,41). The molecule has 1 aliphatic rings. The van der Waals surface area contributed by atoms with Crippen molar-refractivity contribution < 1.29 is 13.9 Å². The Balaban J connectivity index is 1.30. The highest BCUT2D eigenvalue weighted by atomic mass is 19.1. The van der Waals surface area contributed by atoms with Crippen LogP contribution in [0.1, 0.15) is 48.7 Å². The van der Waals surface area contributed by atoms with Gasteiger partial charge in [0.1, 0.15) is 23.4 Å². The Morgan fingerprint density at radius 3 is 2.50 bits per heavy atom. The maximum absolute atomic E-state index is 14.8. The quantitative estimate of drug-likeness (QED) is 0.178. The minimum absolute atomic E-state index is 0.0452. The lowest BCUT2D eigenvalue weighted by Crippen LogP contribution is -2.32. The zero-order valence-corrected chi connectivity index (χ0v) is 25.9. The summed E-state index contributed by atoms with van der Waals surface area (Å²) >= 11 is 0. The van der Waals surface area contributed by atoms with Crippen molar-refractivity contribution >= 4 is 21.9 Å². The van der Waals surface area contributed by atoms with Crippen LogP contribution in [0, 0.1) is 5.82 Å². The highest BCUT2D eigenvalue weighted by molar-refractivity contribution is 5.84. The number of aromatic amines is 1. The van der Waals surface area contributed by atoms with E-state index in [4.69, 9.17) is 14.5 Å². The van der Waals surface area contributed by atoms with Crippen LogP contribution in [0.2, 0.25) is 0 Å². The molecule has 1 fully saturated rings. The third kappa shape index (κ3) is 5.79. The van der Waals surface area contributed by atoms with Gasteiger partial charge in [0.15, 0.2) is 6.79 Å². The number of nitrogens with one attached hydrogen (secondary N) is 1. The summed E-state index contributed by atoms with van der Waals surface area (Å²) in [7, 11) is 1.51. The molecule has 0 spiro atoms. The molecule has 2 aromatic heterocycles. The van der Waals surface area contributed by atoms with E-state index in [1.54, 1.807) is 0 Å². The summed E-state index contributed by atoms with van der Waals surface area (Å²) in [5, 5.41) is 0.452. The van der Waals surface area contributed by atoms with E-state index in [0.29, 0.717) is 34.0 Å². The number of halogens is 1. The number of fused-ring (bicyclic) bond motifs is 2. The molecule has 0 bridgehead atoms. The lowest BCUT2D eigenvalue weighted by molar-refractivity contribution is 0.0501. The van der Waals surface area contributed by atoms with Crippen molar-refractivity contribution in [3.63, 3.8) is 0 Å². The van der Waals surface area contributed by atoms with Gasteiger partial charge in [-0.2, -0.15) is 0 Å². The molecule has 0 aliphatic carbocycles. The van der Waals surface area contributed by atoms with Gasteiger partial charge >= 0.3 is 0 Å². The lowest BCUT2D eigenvalue weighted by atomic mass is 9.88. The fraction of sp³-hybridized carbons (Fsp3) is 0.270. The number of methoxy groups -OCH3 is 1. The maximum Gasteiger partial charge on any atom is 0.262 e. The third-order valence-corrected chi connectivity index (χ3v) is 9.08. The Kier molecular flexibility index (Phi) is 8.34. The van der Waals surface area contributed by atoms with Gasteiger partial charge in [0.2, 0.25) is 0 Å². The molecule has 46 heavy (non-hydrogen) atoms. The number of piperidine rings is 1. The third-order valence-electron chi connectivity index (χ3n) is 9.08. The number of nitrogens with zero attached hydrogens (tertiary/aromatic N) is 4. The van der Waals surface area contributed by atoms with Gasteiger partial charge in [-0.1, -0.05) is 49.4 Å². The van der Waals surface area contributed by atoms with Crippen LogP contribution in [0.15, 0.2) is 96.1 Å². The van der Waals surface area contributed by atoms with Crippen LogP contribution in [0.25, 0.3) is 33.1 Å². The highest BCUT2D eigenvalue weighted by Crippen LogP contribution is 2.34. The summed E-state index contributed by atoms with van der Waals surface area (Å²) in [5.41, 5.74) is 5.53. The molecule has 9 heteroatoms. The summed E-state index contributed by atoms with van der Waals surface area (Å²) in [6.07, 6.45) is 3.83. The number of H-pyrrole nitrogens is 1. The van der Waals surface area contributed by atoms with Crippen molar-refractivity contribution in [2.75, 3.05) is 33.5 Å². The van der Waals surface area contributed by atoms with Gasteiger partial charge in [0.05, 0.1) is 28.3 Å². The van der Waals surface area contributed by atoms with Crippen molar-refractivity contribution in [3.8, 4) is 16.9 Å². The molecular formula is C37H36FN5O3. The fourth-order valence-electron chi connectivity index (χ4n) is 6.55. The summed E-state index contributed by atoms with van der Waals surface area (Å²) in [5.74, 6) is 0.925. The minimum Gasteiger partial charge on any atom is -0.467 e. The second kappa shape index (κ2) is 12.9. The number of benzene rings is 4. The topological polar surface area (TPSA) is 85.3 Å². The average molecular weight is 618 g/mol. The number of rotatable bonds is 9. The van der Waals surface area contributed by atoms with Crippen LogP contribution in [0.4, 0.5) is 4.39 Å². The second-order valence-electron chi connectivity index (χ2n) is 11.8. The highest BCUT2D eigenvalue weighted by Gasteiger charge is 2.27. The molecule has 0 amide bonds. The first kappa shape index (κ1) is 29.8. The number of ether oxygens (including phenoxy) is 2. The first-order valence-corrected chi connectivity index (χ1v) is 15.7. The van der Waals surface area contributed by atoms with E-state index in [0.717, 1.165) is 41.8 Å². The molecule has 1 aliphatic heterocycles. The van der Waals surface area contributed by atoms with Gasteiger partial charge in [0, 0.05) is 12.7 Å². The largest absolute Gasteiger partial charge is 0.467 e. The Hall–Kier alpha value is -4.86. The molecule has 6 aromatic rings. The normalized spacial score (nSPS) is 15.0. The fourth-order valence-corrected chi connectivity index (χ4v) is 6.55. The molecule has 4 aromatic carbocycles. The number of imidazole rings is 1. The molecule has 0 saturated carbocycles. The monoisotopic (exact) mass is 617 g/mol. The molecule has 0 radical (unpaired) electrons. The molecule has 3 heterocycles. The number of para-hydroxylation sites is 2. The molecule has 234 valence electrons. The zero-order valence-electron chi connectivity index (χ0n) is 25.9. The van der Waals surface area contributed by atoms with E-state index in [2.05, 4.69) is 46.1 Å². The first-order chi connectivity index (χ1) is 22.5. The van der Waals surface area contributed by atoms with Crippen LogP contribution < -0.4 is 10.3 Å². The molecule has 1 saturated heterocycles. The number of hydrogen-bond donors (Lipinski definition) is 1. The summed E-state index contributed by atoms with van der Waals surface area (Å²) in [6, 6.07) is 25.4. The number of likely N-dealkylation sites (tertiary alicyclic amines) is 1. The van der Waals surface area contributed by atoms with E-state index in [9.17, 15) is 9.18 Å². The van der Waals surface area contributed by atoms with Crippen LogP contribution in [0.5, 0.6) is 5.75 Å². The van der Waals surface area contributed by atoms with E-state index in [1.807, 2.05) is 42.5 Å². The van der Waals surface area contributed by atoms with Gasteiger partial charge in [-0.15, -0.1) is 0 Å². The molecule has 1 unspecified atom stereocenters. The SMILES string of the molecule is CCN1CCC(c2ccc(-c3ccc4ncn(C(c5nc6ccccc6[nH]5)c5cc(F)ccc5OCOC)c(=O)c4c3)cc2)CC1. The van der Waals surface area contributed by atoms with E-state index >= 15 is 0 Å². The molecule has 1 N–H and O–H groups in total. The average Bonchev–Trinajstić information content (AvgIpc) is 3.53. The van der Waals surface area contributed by atoms with E-state index < -0.39 is 11.9 Å². The lowest BCUT2D eigenvalue weighted by Gasteiger charge is -2.31. The van der Waals surface area contributed by atoms with Crippen LogP contribution in [-0.2, 0) is 4.74 Å². The van der Waals surface area contributed by atoms with E-state index in [1.165, 1.54) is 54.6 Å². The molecule has 1 atom stereocenters. The summed E-state index contributed by atoms with van der Waals surface area (Å²) in [4.78, 5) is 29.7. The van der Waals surface area contributed by atoms with Crippen molar-refractivity contribution in [2.24, 2.45) is 0 Å². The van der Waals surface area contributed by atoms with Crippen LogP contribution >= 0.6 is 0 Å². The van der Waals surface area contributed by atoms with Gasteiger partial charge in [-0.05, 0) is 97.5 Å². The molecule has 7 rings (SSSR count). The Morgan fingerprint density at radius 2 is 1.74 bits per heavy atom. The number of hydrogen-bond acceptors (Lipinski definition) is 6. The van der Waals surface area contributed by atoms with Crippen molar-refractivity contribution in [3.05, 3.63) is 124 Å². The number of aromatic nitrogens is 4.